The molecule has 2 rings (SSSR count). The maximum Gasteiger partial charge on any atom is 0.156 e. The molecule has 1 heterocycles. The number of aryl methyl sites for hydroxylation is 2. The molecule has 20 heavy (non-hydrogen) atoms. The Morgan fingerprint density at radius 3 is 2.80 bits per heavy atom. The number of carbonyl (C=O) groups excluding carboxylic acids is 1. The van der Waals surface area contributed by atoms with Crippen molar-refractivity contribution in [2.45, 2.75) is 26.8 Å². The molecule has 0 aliphatic rings. The highest BCUT2D eigenvalue weighted by molar-refractivity contribution is 5.92. The van der Waals surface area contributed by atoms with Crippen LogP contribution in [0.5, 0.6) is 5.75 Å². The Bertz CT molecular complexity index is 632. The molecule has 0 bridgehead atoms. The van der Waals surface area contributed by atoms with Crippen molar-refractivity contribution in [1.29, 1.82) is 0 Å². The summed E-state index contributed by atoms with van der Waals surface area (Å²) >= 11 is 0. The fourth-order valence-corrected chi connectivity index (χ4v) is 2.19. The summed E-state index contributed by atoms with van der Waals surface area (Å²) in [6, 6.07) is 5.77. The van der Waals surface area contributed by atoms with E-state index in [1.807, 2.05) is 32.0 Å². The zero-order chi connectivity index (χ0) is 14.7. The van der Waals surface area contributed by atoms with Crippen molar-refractivity contribution in [2.75, 3.05) is 12.8 Å². The SMILES string of the molecule is CCCn1nc(-c2cc(C)ccc2OC)c(C=O)c1N. The highest BCUT2D eigenvalue weighted by Crippen LogP contribution is 2.33. The summed E-state index contributed by atoms with van der Waals surface area (Å²) in [5, 5.41) is 4.47. The van der Waals surface area contributed by atoms with E-state index in [1.54, 1.807) is 11.8 Å². The number of nitrogens with two attached hydrogens (primary N) is 1. The molecule has 5 heteroatoms. The molecule has 2 aromatic rings. The van der Waals surface area contributed by atoms with Gasteiger partial charge in [-0.2, -0.15) is 5.10 Å². The Morgan fingerprint density at radius 1 is 1.45 bits per heavy atom. The fraction of sp³-hybridized carbons (Fsp3) is 0.333. The molecule has 0 saturated carbocycles. The molecule has 5 nitrogen and oxygen atoms in total. The summed E-state index contributed by atoms with van der Waals surface area (Å²) in [6.07, 6.45) is 1.65. The number of hydrogen-bond acceptors (Lipinski definition) is 4. The van der Waals surface area contributed by atoms with E-state index in [2.05, 4.69) is 5.10 Å². The first-order chi connectivity index (χ1) is 9.62. The van der Waals surface area contributed by atoms with E-state index in [9.17, 15) is 4.79 Å². The lowest BCUT2D eigenvalue weighted by molar-refractivity contribution is 0.112. The molecule has 0 aliphatic carbocycles. The highest BCUT2D eigenvalue weighted by Gasteiger charge is 2.19. The van der Waals surface area contributed by atoms with E-state index in [4.69, 9.17) is 10.5 Å². The third kappa shape index (κ3) is 2.39. The van der Waals surface area contributed by atoms with Crippen molar-refractivity contribution in [1.82, 2.24) is 9.78 Å². The van der Waals surface area contributed by atoms with E-state index in [0.29, 0.717) is 29.4 Å². The quantitative estimate of drug-likeness (QED) is 0.850. The lowest BCUT2D eigenvalue weighted by Crippen LogP contribution is -2.04. The first-order valence-electron chi connectivity index (χ1n) is 6.58. The Hall–Kier alpha value is -2.30. The van der Waals surface area contributed by atoms with Crippen LogP contribution in [0.2, 0.25) is 0 Å². The van der Waals surface area contributed by atoms with Crippen molar-refractivity contribution in [3.63, 3.8) is 0 Å². The minimum Gasteiger partial charge on any atom is -0.496 e. The van der Waals surface area contributed by atoms with Gasteiger partial charge in [-0.15, -0.1) is 0 Å². The standard InChI is InChI=1S/C15H19N3O2/c1-4-7-18-15(16)12(9-19)14(17-18)11-8-10(2)5-6-13(11)20-3/h5-6,8-9H,4,7,16H2,1-3H3. The minimum atomic E-state index is 0.403. The van der Waals surface area contributed by atoms with Gasteiger partial charge in [-0.1, -0.05) is 18.6 Å². The predicted molar refractivity (Wildman–Crippen MR) is 79.0 cm³/mol. The molecule has 2 N–H and O–H groups in total. The van der Waals surface area contributed by atoms with Crippen LogP contribution in [0, 0.1) is 6.92 Å². The molecule has 1 aromatic carbocycles. The summed E-state index contributed by atoms with van der Waals surface area (Å²) < 4.78 is 7.02. The number of aldehydes is 1. The first kappa shape index (κ1) is 14.1. The van der Waals surface area contributed by atoms with Crippen molar-refractivity contribution < 1.29 is 9.53 Å². The number of methoxy groups -OCH3 is 1. The number of anilines is 1. The van der Waals surface area contributed by atoms with Crippen LogP contribution in [0.15, 0.2) is 18.2 Å². The number of hydrogen-bond donors (Lipinski definition) is 1. The molecular weight excluding hydrogens is 254 g/mol. The monoisotopic (exact) mass is 273 g/mol. The van der Waals surface area contributed by atoms with Crippen molar-refractivity contribution in [3.8, 4) is 17.0 Å². The molecular formula is C15H19N3O2. The molecule has 0 atom stereocenters. The van der Waals surface area contributed by atoms with Crippen molar-refractivity contribution in [3.05, 3.63) is 29.3 Å². The van der Waals surface area contributed by atoms with E-state index in [0.717, 1.165) is 23.8 Å². The first-order valence-corrected chi connectivity index (χ1v) is 6.58. The summed E-state index contributed by atoms with van der Waals surface area (Å²) in [6.45, 7) is 4.70. The molecule has 0 amide bonds. The van der Waals surface area contributed by atoms with Gasteiger partial charge < -0.3 is 10.5 Å². The second-order valence-corrected chi connectivity index (χ2v) is 4.69. The molecule has 0 saturated heterocycles. The normalized spacial score (nSPS) is 10.6. The number of carbonyl (C=O) groups is 1. The molecule has 0 fully saturated rings. The van der Waals surface area contributed by atoms with E-state index in [-0.39, 0.29) is 0 Å². The number of aromatic nitrogens is 2. The number of rotatable bonds is 5. The van der Waals surface area contributed by atoms with Crippen LogP contribution in [0.1, 0.15) is 29.3 Å². The molecule has 0 spiro atoms. The van der Waals surface area contributed by atoms with Crippen molar-refractivity contribution >= 4 is 12.1 Å². The Kier molecular flexibility index (Phi) is 4.08. The van der Waals surface area contributed by atoms with Crippen LogP contribution in [0.4, 0.5) is 5.82 Å². The van der Waals surface area contributed by atoms with Gasteiger partial charge in [0, 0.05) is 12.1 Å². The summed E-state index contributed by atoms with van der Waals surface area (Å²) in [5.41, 5.74) is 8.85. The minimum absolute atomic E-state index is 0.403. The van der Waals surface area contributed by atoms with Crippen LogP contribution >= 0.6 is 0 Å². The lowest BCUT2D eigenvalue weighted by Gasteiger charge is -2.07. The van der Waals surface area contributed by atoms with Gasteiger partial charge in [0.15, 0.2) is 6.29 Å². The summed E-state index contributed by atoms with van der Waals surface area (Å²) in [5.74, 6) is 1.08. The topological polar surface area (TPSA) is 70.1 Å². The van der Waals surface area contributed by atoms with Crippen LogP contribution < -0.4 is 10.5 Å². The third-order valence-electron chi connectivity index (χ3n) is 3.19. The maximum atomic E-state index is 11.3. The Labute approximate surface area is 118 Å². The molecule has 0 radical (unpaired) electrons. The number of nitrogens with zero attached hydrogens (tertiary/aromatic N) is 2. The third-order valence-corrected chi connectivity index (χ3v) is 3.19. The lowest BCUT2D eigenvalue weighted by atomic mass is 10.0. The second kappa shape index (κ2) is 5.77. The van der Waals surface area contributed by atoms with Gasteiger partial charge in [-0.25, -0.2) is 4.68 Å². The van der Waals surface area contributed by atoms with Crippen molar-refractivity contribution in [2.24, 2.45) is 0 Å². The van der Waals surface area contributed by atoms with Crippen LogP contribution in [0.25, 0.3) is 11.3 Å². The van der Waals surface area contributed by atoms with E-state index >= 15 is 0 Å². The van der Waals surface area contributed by atoms with E-state index in [1.165, 1.54) is 0 Å². The average Bonchev–Trinajstić information content (AvgIpc) is 2.76. The number of benzene rings is 1. The second-order valence-electron chi connectivity index (χ2n) is 4.69. The molecule has 0 unspecified atom stereocenters. The van der Waals surface area contributed by atoms with Gasteiger partial charge in [0.25, 0.3) is 0 Å². The zero-order valence-electron chi connectivity index (χ0n) is 12.0. The zero-order valence-corrected chi connectivity index (χ0v) is 12.0. The Morgan fingerprint density at radius 2 is 2.20 bits per heavy atom. The molecule has 106 valence electrons. The summed E-state index contributed by atoms with van der Waals surface area (Å²) in [7, 11) is 1.60. The number of nitrogen functional groups attached to an aromatic ring is 1. The smallest absolute Gasteiger partial charge is 0.156 e. The largest absolute Gasteiger partial charge is 0.496 e. The molecule has 1 aromatic heterocycles. The highest BCUT2D eigenvalue weighted by atomic mass is 16.5. The number of ether oxygens (including phenoxy) is 1. The summed E-state index contributed by atoms with van der Waals surface area (Å²) in [4.78, 5) is 11.3. The van der Waals surface area contributed by atoms with Gasteiger partial charge in [0.2, 0.25) is 0 Å². The van der Waals surface area contributed by atoms with Gasteiger partial charge in [-0.05, 0) is 25.5 Å². The van der Waals surface area contributed by atoms with Crippen LogP contribution in [-0.4, -0.2) is 23.2 Å². The molecule has 0 aliphatic heterocycles. The van der Waals surface area contributed by atoms with Crippen LogP contribution in [0.3, 0.4) is 0 Å². The average molecular weight is 273 g/mol. The van der Waals surface area contributed by atoms with Gasteiger partial charge in [0.05, 0.1) is 12.7 Å². The van der Waals surface area contributed by atoms with Crippen LogP contribution in [-0.2, 0) is 6.54 Å². The predicted octanol–water partition coefficient (Wildman–Crippen LogP) is 2.67. The van der Waals surface area contributed by atoms with Gasteiger partial charge >= 0.3 is 0 Å². The van der Waals surface area contributed by atoms with E-state index < -0.39 is 0 Å². The van der Waals surface area contributed by atoms with Gasteiger partial charge in [0.1, 0.15) is 17.3 Å². The Balaban J connectivity index is 2.65. The fourth-order valence-electron chi connectivity index (χ4n) is 2.19. The van der Waals surface area contributed by atoms with Gasteiger partial charge in [-0.3, -0.25) is 4.79 Å². The maximum absolute atomic E-state index is 11.3.